The van der Waals surface area contributed by atoms with Gasteiger partial charge in [0.05, 0.1) is 0 Å². The van der Waals surface area contributed by atoms with Gasteiger partial charge in [0.25, 0.3) is 11.8 Å². The van der Waals surface area contributed by atoms with Crippen LogP contribution in [0.15, 0.2) is 161 Å². The summed E-state index contributed by atoms with van der Waals surface area (Å²) in [5, 5.41) is 8.61. The van der Waals surface area contributed by atoms with Crippen molar-refractivity contribution in [1.29, 1.82) is 0 Å². The van der Waals surface area contributed by atoms with Crippen molar-refractivity contribution in [2.24, 2.45) is 0 Å². The summed E-state index contributed by atoms with van der Waals surface area (Å²) in [6, 6.07) is 43.9. The molecule has 0 aliphatic heterocycles. The average molecular weight is 698 g/mol. The lowest BCUT2D eigenvalue weighted by Gasteiger charge is -2.18. The van der Waals surface area contributed by atoms with Gasteiger partial charge in [-0.25, -0.2) is 0 Å². The molecule has 9 heteroatoms. The van der Waals surface area contributed by atoms with Gasteiger partial charge in [-0.15, -0.1) is 11.8 Å². The van der Waals surface area contributed by atoms with Crippen molar-refractivity contribution in [3.05, 3.63) is 179 Å². The van der Waals surface area contributed by atoms with Crippen LogP contribution in [0, 0.1) is 6.92 Å². The monoisotopic (exact) mass is 697 g/mol. The molecule has 1 atom stereocenters. The molecule has 1 aromatic heterocycles. The molecule has 50 heavy (non-hydrogen) atoms. The first-order chi connectivity index (χ1) is 24.3. The summed E-state index contributed by atoms with van der Waals surface area (Å²) >= 11 is 7.68. The number of benzene rings is 5. The van der Waals surface area contributed by atoms with Crippen molar-refractivity contribution in [3.63, 3.8) is 0 Å². The van der Waals surface area contributed by atoms with Gasteiger partial charge in [0, 0.05) is 38.5 Å². The molecule has 6 aromatic rings. The summed E-state index contributed by atoms with van der Waals surface area (Å²) in [7, 11) is 0. The number of aryl methyl sites for hydroxylation is 1. The molecule has 0 bridgehead atoms. The second-order valence-electron chi connectivity index (χ2n) is 11.3. The van der Waals surface area contributed by atoms with E-state index in [1.807, 2.05) is 104 Å². The number of rotatable bonds is 11. The van der Waals surface area contributed by atoms with Crippen molar-refractivity contribution in [3.8, 4) is 11.3 Å². The molecule has 0 fully saturated rings. The van der Waals surface area contributed by atoms with E-state index in [0.717, 1.165) is 21.6 Å². The molecule has 0 spiro atoms. The van der Waals surface area contributed by atoms with Crippen molar-refractivity contribution in [2.75, 3.05) is 10.6 Å². The van der Waals surface area contributed by atoms with Gasteiger partial charge in [-0.3, -0.25) is 14.4 Å². The second kappa shape index (κ2) is 16.0. The van der Waals surface area contributed by atoms with Gasteiger partial charge in [-0.1, -0.05) is 96.5 Å². The number of hydrogen-bond acceptors (Lipinski definition) is 5. The number of furan rings is 1. The van der Waals surface area contributed by atoms with Gasteiger partial charge in [-0.05, 0) is 78.7 Å². The maximum Gasteiger partial charge on any atom is 0.272 e. The van der Waals surface area contributed by atoms with Gasteiger partial charge in [-0.2, -0.15) is 0 Å². The Morgan fingerprint density at radius 2 is 1.36 bits per heavy atom. The van der Waals surface area contributed by atoms with Crippen molar-refractivity contribution in [1.82, 2.24) is 5.32 Å². The molecular weight excluding hydrogens is 666 g/mol. The Balaban J connectivity index is 1.20. The van der Waals surface area contributed by atoms with Crippen LogP contribution in [0.4, 0.5) is 11.4 Å². The van der Waals surface area contributed by atoms with Crippen LogP contribution in [0.3, 0.4) is 0 Å². The molecular formula is C41H32ClN3O4S. The molecule has 3 amide bonds. The third-order valence-corrected chi connectivity index (χ3v) is 9.32. The normalized spacial score (nSPS) is 11.8. The summed E-state index contributed by atoms with van der Waals surface area (Å²) in [5.74, 6) is -0.148. The lowest BCUT2D eigenvalue weighted by Crippen LogP contribution is -2.30. The number of thioether (sulfide) groups is 1. The predicted octanol–water partition coefficient (Wildman–Crippen LogP) is 9.79. The number of amides is 3. The maximum atomic E-state index is 13.6. The molecule has 0 aliphatic rings. The topological polar surface area (TPSA) is 100 Å². The molecule has 0 aliphatic carbocycles. The highest BCUT2D eigenvalue weighted by molar-refractivity contribution is 8.00. The van der Waals surface area contributed by atoms with E-state index in [4.69, 9.17) is 16.0 Å². The number of halogens is 1. The molecule has 0 saturated heterocycles. The molecule has 0 radical (unpaired) electrons. The zero-order valence-electron chi connectivity index (χ0n) is 26.9. The minimum absolute atomic E-state index is 0.00304. The number of nitrogens with one attached hydrogen (secondary N) is 3. The number of anilines is 2. The largest absolute Gasteiger partial charge is 0.457 e. The summed E-state index contributed by atoms with van der Waals surface area (Å²) in [4.78, 5) is 41.1. The second-order valence-corrected chi connectivity index (χ2v) is 12.9. The van der Waals surface area contributed by atoms with E-state index in [2.05, 4.69) is 16.0 Å². The van der Waals surface area contributed by atoms with Gasteiger partial charge < -0.3 is 20.4 Å². The fourth-order valence-electron chi connectivity index (χ4n) is 5.00. The van der Waals surface area contributed by atoms with E-state index in [0.29, 0.717) is 33.5 Å². The van der Waals surface area contributed by atoms with Gasteiger partial charge >= 0.3 is 0 Å². The van der Waals surface area contributed by atoms with Crippen LogP contribution in [0.5, 0.6) is 0 Å². The third-order valence-electron chi connectivity index (χ3n) is 7.65. The lowest BCUT2D eigenvalue weighted by molar-refractivity contribution is -0.116. The Hall–Kier alpha value is -5.83. The fourth-order valence-corrected chi connectivity index (χ4v) is 6.21. The highest BCUT2D eigenvalue weighted by atomic mass is 35.5. The van der Waals surface area contributed by atoms with Crippen LogP contribution in [-0.2, 0) is 9.59 Å². The molecule has 0 saturated carbocycles. The zero-order valence-corrected chi connectivity index (χ0v) is 28.5. The quantitative estimate of drug-likeness (QED) is 0.0925. The molecule has 6 rings (SSSR count). The van der Waals surface area contributed by atoms with Gasteiger partial charge in [0.15, 0.2) is 0 Å². The van der Waals surface area contributed by atoms with Gasteiger partial charge in [0.1, 0.15) is 22.5 Å². The van der Waals surface area contributed by atoms with Crippen LogP contribution in [0.25, 0.3) is 17.4 Å². The highest BCUT2D eigenvalue weighted by Gasteiger charge is 2.23. The van der Waals surface area contributed by atoms with Crippen molar-refractivity contribution >= 4 is 58.5 Å². The number of carbonyl (C=O) groups excluding carboxylic acids is 3. The Labute approximate surface area is 299 Å². The molecule has 3 N–H and O–H groups in total. The molecule has 5 aromatic carbocycles. The molecule has 248 valence electrons. The summed E-state index contributed by atoms with van der Waals surface area (Å²) in [6.07, 6.45) is 1.50. The first kappa shape index (κ1) is 34.0. The first-order valence-electron chi connectivity index (χ1n) is 15.8. The van der Waals surface area contributed by atoms with Crippen LogP contribution in [0.2, 0.25) is 5.02 Å². The van der Waals surface area contributed by atoms with Crippen LogP contribution < -0.4 is 16.0 Å². The summed E-state index contributed by atoms with van der Waals surface area (Å²) in [5.41, 5.74) is 4.16. The molecule has 1 unspecified atom stereocenters. The molecule has 7 nitrogen and oxygen atoms in total. The van der Waals surface area contributed by atoms with E-state index < -0.39 is 17.1 Å². The summed E-state index contributed by atoms with van der Waals surface area (Å²) in [6.45, 7) is 1.90. The van der Waals surface area contributed by atoms with Crippen LogP contribution >= 0.6 is 23.4 Å². The minimum atomic E-state index is -0.562. The number of hydrogen-bond donors (Lipinski definition) is 3. The van der Waals surface area contributed by atoms with Crippen LogP contribution in [0.1, 0.15) is 32.5 Å². The van der Waals surface area contributed by atoms with E-state index in [1.165, 1.54) is 17.8 Å². The van der Waals surface area contributed by atoms with E-state index in [9.17, 15) is 14.4 Å². The highest BCUT2D eigenvalue weighted by Crippen LogP contribution is 2.37. The van der Waals surface area contributed by atoms with Crippen molar-refractivity contribution in [2.45, 2.75) is 17.1 Å². The van der Waals surface area contributed by atoms with E-state index in [-0.39, 0.29) is 11.6 Å². The standard InChI is InChI=1S/C41H32ClN3O4S/c1-27-17-18-32(25-35(27)42)44-41(48)38(29-13-7-3-8-14-29)50-34-22-19-31(20-23-34)43-40(47)36(45-39(46)30-15-9-4-10-16-30)26-33-21-24-37(49-33)28-11-5-2-6-12-28/h2-26,38H,1H3,(H,43,47)(H,44,48)(H,45,46). The number of carbonyl (C=O) groups is 3. The third kappa shape index (κ3) is 8.79. The lowest BCUT2D eigenvalue weighted by atomic mass is 10.1. The summed E-state index contributed by atoms with van der Waals surface area (Å²) < 4.78 is 6.00. The SMILES string of the molecule is Cc1ccc(NC(=O)C(Sc2ccc(NC(=O)C(=Cc3ccc(-c4ccccc4)o3)NC(=O)c3ccccc3)cc2)c2ccccc2)cc1Cl. The smallest absolute Gasteiger partial charge is 0.272 e. The Morgan fingerprint density at radius 3 is 2.04 bits per heavy atom. The average Bonchev–Trinajstić information content (AvgIpc) is 3.62. The van der Waals surface area contributed by atoms with Gasteiger partial charge in [0.2, 0.25) is 5.91 Å². The minimum Gasteiger partial charge on any atom is -0.457 e. The Kier molecular flexibility index (Phi) is 10.9. The first-order valence-corrected chi connectivity index (χ1v) is 17.0. The van der Waals surface area contributed by atoms with Crippen LogP contribution in [-0.4, -0.2) is 17.7 Å². The fraction of sp³-hybridized carbons (Fsp3) is 0.0488. The Bertz CT molecular complexity index is 2130. The maximum absolute atomic E-state index is 13.6. The predicted molar refractivity (Wildman–Crippen MR) is 201 cm³/mol. The van der Waals surface area contributed by atoms with Crippen molar-refractivity contribution < 1.29 is 18.8 Å². The Morgan fingerprint density at radius 1 is 0.720 bits per heavy atom. The van der Waals surface area contributed by atoms with E-state index >= 15 is 0 Å². The molecule has 1 heterocycles. The van der Waals surface area contributed by atoms with E-state index in [1.54, 1.807) is 48.5 Å². The zero-order chi connectivity index (χ0) is 34.9.